The molecule has 0 spiro atoms. The van der Waals surface area contributed by atoms with Gasteiger partial charge in [-0.3, -0.25) is 4.79 Å². The van der Waals surface area contributed by atoms with Gasteiger partial charge in [0, 0.05) is 5.56 Å². The van der Waals surface area contributed by atoms with Gasteiger partial charge >= 0.3 is 0 Å². The van der Waals surface area contributed by atoms with Gasteiger partial charge in [0.2, 0.25) is 0 Å². The van der Waals surface area contributed by atoms with Crippen LogP contribution in [0.15, 0.2) is 10.5 Å². The average Bonchev–Trinajstić information content (AvgIpc) is 2.48. The fourth-order valence-electron chi connectivity index (χ4n) is 1.14. The van der Waals surface area contributed by atoms with Crippen LogP contribution in [-0.4, -0.2) is 11.4 Å². The number of aldehydes is 1. The molecule has 1 aromatic rings. The Morgan fingerprint density at radius 2 is 2.42 bits per heavy atom. The van der Waals surface area contributed by atoms with Crippen LogP contribution in [0.2, 0.25) is 0 Å². The van der Waals surface area contributed by atoms with Crippen molar-refractivity contribution in [2.75, 3.05) is 0 Å². The summed E-state index contributed by atoms with van der Waals surface area (Å²) in [6.45, 7) is 1.88. The third kappa shape index (κ3) is 1.74. The van der Waals surface area contributed by atoms with E-state index in [2.05, 4.69) is 0 Å². The van der Waals surface area contributed by atoms with E-state index in [0.29, 0.717) is 17.8 Å². The molecule has 0 saturated heterocycles. The lowest BCUT2D eigenvalue weighted by Crippen LogP contribution is -1.84. The predicted octanol–water partition coefficient (Wildman–Crippen LogP) is 1.54. The second kappa shape index (κ2) is 4.07. The van der Waals surface area contributed by atoms with Crippen LogP contribution in [0.5, 0.6) is 0 Å². The van der Waals surface area contributed by atoms with Gasteiger partial charge in [0.25, 0.3) is 0 Å². The summed E-state index contributed by atoms with van der Waals surface area (Å²) in [4.78, 5) is 10.5. The molecule has 3 nitrogen and oxygen atoms in total. The van der Waals surface area contributed by atoms with E-state index >= 15 is 0 Å². The van der Waals surface area contributed by atoms with Gasteiger partial charge in [0.05, 0.1) is 0 Å². The molecule has 0 atom stereocenters. The molecule has 0 bridgehead atoms. The summed E-state index contributed by atoms with van der Waals surface area (Å²) >= 11 is 0. The Balaban J connectivity index is 2.91. The topological polar surface area (TPSA) is 50.4 Å². The number of hydrogen-bond donors (Lipinski definition) is 1. The van der Waals surface area contributed by atoms with Crippen molar-refractivity contribution >= 4 is 6.29 Å². The zero-order valence-electron chi connectivity index (χ0n) is 7.04. The van der Waals surface area contributed by atoms with Crippen LogP contribution in [-0.2, 0) is 13.0 Å². The van der Waals surface area contributed by atoms with Crippen LogP contribution in [0.25, 0.3) is 0 Å². The molecule has 0 aliphatic rings. The number of carbonyl (C=O) groups is 1. The lowest BCUT2D eigenvalue weighted by Gasteiger charge is -1.90. The minimum atomic E-state index is -0.148. The predicted molar refractivity (Wildman–Crippen MR) is 44.0 cm³/mol. The maximum absolute atomic E-state index is 10.5. The molecule has 1 aromatic heterocycles. The van der Waals surface area contributed by atoms with E-state index in [1.807, 2.05) is 6.92 Å². The molecule has 66 valence electrons. The molecule has 1 rings (SSSR count). The molecule has 0 aliphatic carbocycles. The Morgan fingerprint density at radius 1 is 1.67 bits per heavy atom. The molecule has 0 aliphatic heterocycles. The van der Waals surface area contributed by atoms with Gasteiger partial charge in [-0.15, -0.1) is 0 Å². The molecule has 0 aromatic carbocycles. The molecule has 12 heavy (non-hydrogen) atoms. The average molecular weight is 168 g/mol. The van der Waals surface area contributed by atoms with E-state index in [0.717, 1.165) is 18.4 Å². The summed E-state index contributed by atoms with van der Waals surface area (Å²) in [5.74, 6) is 0.807. The lowest BCUT2D eigenvalue weighted by atomic mass is 10.1. The van der Waals surface area contributed by atoms with Crippen LogP contribution >= 0.6 is 0 Å². The minimum absolute atomic E-state index is 0.148. The largest absolute Gasteiger partial charge is 0.456 e. The molecule has 1 N–H and O–H groups in total. The number of aliphatic hydroxyl groups excluding tert-OH is 1. The van der Waals surface area contributed by atoms with Crippen LogP contribution in [0.4, 0.5) is 0 Å². The first kappa shape index (κ1) is 9.00. The minimum Gasteiger partial charge on any atom is -0.456 e. The quantitative estimate of drug-likeness (QED) is 0.694. The van der Waals surface area contributed by atoms with Gasteiger partial charge in [-0.2, -0.15) is 0 Å². The van der Waals surface area contributed by atoms with Crippen LogP contribution in [0.1, 0.15) is 35.2 Å². The van der Waals surface area contributed by atoms with Gasteiger partial charge in [0.15, 0.2) is 12.0 Å². The van der Waals surface area contributed by atoms with Gasteiger partial charge in [0.1, 0.15) is 12.4 Å². The molecule has 3 heteroatoms. The van der Waals surface area contributed by atoms with Crippen molar-refractivity contribution in [3.8, 4) is 0 Å². The fraction of sp³-hybridized carbons (Fsp3) is 0.444. The molecule has 0 amide bonds. The highest BCUT2D eigenvalue weighted by molar-refractivity contribution is 5.73. The van der Waals surface area contributed by atoms with E-state index in [-0.39, 0.29) is 6.61 Å². The van der Waals surface area contributed by atoms with Gasteiger partial charge < -0.3 is 9.52 Å². The van der Waals surface area contributed by atoms with Gasteiger partial charge in [-0.05, 0) is 12.5 Å². The first-order valence-electron chi connectivity index (χ1n) is 3.99. The van der Waals surface area contributed by atoms with E-state index in [9.17, 15) is 4.79 Å². The molecule has 0 saturated carbocycles. The molecular formula is C9H12O3. The maximum atomic E-state index is 10.5. The fourth-order valence-corrected chi connectivity index (χ4v) is 1.14. The van der Waals surface area contributed by atoms with Crippen molar-refractivity contribution in [2.45, 2.75) is 26.4 Å². The number of furan rings is 1. The van der Waals surface area contributed by atoms with Crippen molar-refractivity contribution < 1.29 is 14.3 Å². The zero-order valence-corrected chi connectivity index (χ0v) is 7.04. The summed E-state index contributed by atoms with van der Waals surface area (Å²) in [7, 11) is 0. The maximum Gasteiger partial charge on any atom is 0.185 e. The van der Waals surface area contributed by atoms with Crippen LogP contribution in [0.3, 0.4) is 0 Å². The Kier molecular flexibility index (Phi) is 3.05. The van der Waals surface area contributed by atoms with Crippen molar-refractivity contribution in [3.63, 3.8) is 0 Å². The molecule has 1 heterocycles. The second-order valence-corrected chi connectivity index (χ2v) is 2.63. The highest BCUT2D eigenvalue weighted by Gasteiger charge is 2.08. The summed E-state index contributed by atoms with van der Waals surface area (Å²) in [6, 6.07) is 1.73. The number of rotatable bonds is 4. The Hall–Kier alpha value is -1.09. The van der Waals surface area contributed by atoms with Crippen molar-refractivity contribution in [3.05, 3.63) is 23.2 Å². The van der Waals surface area contributed by atoms with E-state index < -0.39 is 0 Å². The zero-order chi connectivity index (χ0) is 8.97. The van der Waals surface area contributed by atoms with Gasteiger partial charge in [-0.25, -0.2) is 0 Å². The Bertz CT molecular complexity index is 263. The molecular weight excluding hydrogens is 156 g/mol. The number of aryl methyl sites for hydroxylation is 1. The van der Waals surface area contributed by atoms with Crippen molar-refractivity contribution in [1.82, 2.24) is 0 Å². The smallest absolute Gasteiger partial charge is 0.185 e. The normalized spacial score (nSPS) is 10.2. The highest BCUT2D eigenvalue weighted by atomic mass is 16.4. The van der Waals surface area contributed by atoms with E-state index in [4.69, 9.17) is 9.52 Å². The summed E-state index contributed by atoms with van der Waals surface area (Å²) < 4.78 is 5.05. The Labute approximate surface area is 71.0 Å². The van der Waals surface area contributed by atoms with Gasteiger partial charge in [-0.1, -0.05) is 13.3 Å². The highest BCUT2D eigenvalue weighted by Crippen LogP contribution is 2.15. The van der Waals surface area contributed by atoms with Crippen LogP contribution in [0, 0.1) is 0 Å². The number of carbonyl (C=O) groups excluding carboxylic acids is 1. The van der Waals surface area contributed by atoms with Crippen molar-refractivity contribution in [1.29, 1.82) is 0 Å². The first-order valence-corrected chi connectivity index (χ1v) is 3.99. The van der Waals surface area contributed by atoms with E-state index in [1.54, 1.807) is 6.07 Å². The number of hydrogen-bond acceptors (Lipinski definition) is 3. The summed E-state index contributed by atoms with van der Waals surface area (Å²) in [5, 5.41) is 8.73. The first-order chi connectivity index (χ1) is 5.81. The summed E-state index contributed by atoms with van der Waals surface area (Å²) in [6.07, 6.45) is 2.47. The number of aliphatic hydroxyl groups is 1. The lowest BCUT2D eigenvalue weighted by molar-refractivity contribution is 0.109. The third-order valence-electron chi connectivity index (χ3n) is 1.67. The van der Waals surface area contributed by atoms with Crippen molar-refractivity contribution in [2.24, 2.45) is 0 Å². The second-order valence-electron chi connectivity index (χ2n) is 2.63. The Morgan fingerprint density at radius 3 is 2.92 bits per heavy atom. The summed E-state index contributed by atoms with van der Waals surface area (Å²) in [5.41, 5.74) is 0.886. The molecule has 0 unspecified atom stereocenters. The molecule has 0 fully saturated rings. The standard InChI is InChI=1S/C9H12O3/c1-2-3-7-4-8(5-10)12-9(7)6-11/h4,6,10H,2-3,5H2,1H3. The third-order valence-corrected chi connectivity index (χ3v) is 1.67. The monoisotopic (exact) mass is 168 g/mol. The van der Waals surface area contributed by atoms with Crippen LogP contribution < -0.4 is 0 Å². The molecule has 0 radical (unpaired) electrons. The SMILES string of the molecule is CCCc1cc(CO)oc1C=O. The van der Waals surface area contributed by atoms with E-state index in [1.165, 1.54) is 0 Å².